The Morgan fingerprint density at radius 2 is 1.90 bits per heavy atom. The zero-order valence-electron chi connectivity index (χ0n) is 12.9. The van der Waals surface area contributed by atoms with Gasteiger partial charge in [0.2, 0.25) is 0 Å². The van der Waals surface area contributed by atoms with Gasteiger partial charge < -0.3 is 24.8 Å². The number of amides is 2. The van der Waals surface area contributed by atoms with E-state index < -0.39 is 11.4 Å². The molecule has 0 unspecified atom stereocenters. The molecule has 0 aromatic rings. The van der Waals surface area contributed by atoms with E-state index >= 15 is 0 Å². The van der Waals surface area contributed by atoms with E-state index in [9.17, 15) is 9.59 Å². The van der Waals surface area contributed by atoms with Gasteiger partial charge in [-0.3, -0.25) is 4.79 Å². The fourth-order valence-corrected chi connectivity index (χ4v) is 2.14. The number of urea groups is 1. The van der Waals surface area contributed by atoms with Crippen molar-refractivity contribution in [1.29, 1.82) is 0 Å². The molecule has 122 valence electrons. The summed E-state index contributed by atoms with van der Waals surface area (Å²) in [6, 6.07) is -0.126. The van der Waals surface area contributed by atoms with E-state index in [0.717, 1.165) is 6.42 Å². The Balaban J connectivity index is 2.13. The monoisotopic (exact) mass is 302 g/mol. The lowest BCUT2D eigenvalue weighted by Crippen LogP contribution is -2.48. The van der Waals surface area contributed by atoms with Gasteiger partial charge in [-0.1, -0.05) is 0 Å². The molecule has 1 aliphatic heterocycles. The Morgan fingerprint density at radius 3 is 2.48 bits per heavy atom. The number of nitrogens with zero attached hydrogens (tertiary/aromatic N) is 1. The summed E-state index contributed by atoms with van der Waals surface area (Å²) in [5, 5.41) is 12.0. The van der Waals surface area contributed by atoms with Gasteiger partial charge in [-0.15, -0.1) is 0 Å². The minimum atomic E-state index is -0.782. The first-order valence-electron chi connectivity index (χ1n) is 7.32. The van der Waals surface area contributed by atoms with Crippen molar-refractivity contribution in [2.75, 3.05) is 46.6 Å². The normalized spacial score (nSPS) is 17.5. The average molecular weight is 302 g/mol. The second kappa shape index (κ2) is 8.84. The van der Waals surface area contributed by atoms with Crippen LogP contribution in [0.4, 0.5) is 4.79 Å². The number of likely N-dealkylation sites (tertiary alicyclic amines) is 1. The van der Waals surface area contributed by atoms with Gasteiger partial charge in [-0.05, 0) is 26.2 Å². The number of carboxylic acid groups (broad SMARTS) is 1. The highest BCUT2D eigenvalue weighted by molar-refractivity contribution is 5.76. The topological polar surface area (TPSA) is 88.1 Å². The lowest BCUT2D eigenvalue weighted by Gasteiger charge is -2.36. The van der Waals surface area contributed by atoms with E-state index in [0.29, 0.717) is 52.3 Å². The Morgan fingerprint density at radius 1 is 1.24 bits per heavy atom. The number of aliphatic carboxylic acids is 1. The van der Waals surface area contributed by atoms with Gasteiger partial charge in [-0.2, -0.15) is 0 Å². The summed E-state index contributed by atoms with van der Waals surface area (Å²) in [5.74, 6) is -0.782. The van der Waals surface area contributed by atoms with E-state index in [1.807, 2.05) is 0 Å². The third-order valence-electron chi connectivity index (χ3n) is 3.84. The molecule has 7 heteroatoms. The second-order valence-corrected chi connectivity index (χ2v) is 5.54. The van der Waals surface area contributed by atoms with Gasteiger partial charge >= 0.3 is 12.0 Å². The summed E-state index contributed by atoms with van der Waals surface area (Å²) in [5.41, 5.74) is -0.702. The highest BCUT2D eigenvalue weighted by Gasteiger charge is 2.37. The number of hydrogen-bond acceptors (Lipinski definition) is 4. The molecule has 0 bridgehead atoms. The lowest BCUT2D eigenvalue weighted by atomic mass is 9.80. The summed E-state index contributed by atoms with van der Waals surface area (Å²) in [6.07, 6.45) is 1.74. The lowest BCUT2D eigenvalue weighted by molar-refractivity contribution is -0.150. The first-order chi connectivity index (χ1) is 9.99. The quantitative estimate of drug-likeness (QED) is 0.651. The van der Waals surface area contributed by atoms with Crippen LogP contribution < -0.4 is 5.32 Å². The van der Waals surface area contributed by atoms with Crippen molar-refractivity contribution in [2.24, 2.45) is 5.41 Å². The first kappa shape index (κ1) is 17.7. The van der Waals surface area contributed by atoms with Gasteiger partial charge in [0.25, 0.3) is 0 Å². The predicted octanol–water partition coefficient (Wildman–Crippen LogP) is 0.936. The molecule has 0 saturated carbocycles. The van der Waals surface area contributed by atoms with E-state index in [4.69, 9.17) is 14.6 Å². The molecule has 1 fully saturated rings. The van der Waals surface area contributed by atoms with Gasteiger partial charge in [0.05, 0.1) is 18.6 Å². The number of carbonyl (C=O) groups is 2. The number of carbonyl (C=O) groups excluding carboxylic acids is 1. The van der Waals surface area contributed by atoms with Gasteiger partial charge in [0.1, 0.15) is 0 Å². The Bertz CT molecular complexity index is 340. The molecule has 2 N–H and O–H groups in total. The van der Waals surface area contributed by atoms with Crippen LogP contribution in [0, 0.1) is 5.41 Å². The minimum absolute atomic E-state index is 0.126. The van der Waals surface area contributed by atoms with Crippen LogP contribution in [0.2, 0.25) is 0 Å². The molecule has 0 spiro atoms. The predicted molar refractivity (Wildman–Crippen MR) is 77.3 cm³/mol. The summed E-state index contributed by atoms with van der Waals surface area (Å²) < 4.78 is 10.2. The van der Waals surface area contributed by atoms with Gasteiger partial charge in [-0.25, -0.2) is 4.79 Å². The van der Waals surface area contributed by atoms with Crippen molar-refractivity contribution in [3.05, 3.63) is 0 Å². The first-order valence-corrected chi connectivity index (χ1v) is 7.32. The van der Waals surface area contributed by atoms with Crippen LogP contribution in [0.25, 0.3) is 0 Å². The molecule has 7 nitrogen and oxygen atoms in total. The van der Waals surface area contributed by atoms with E-state index in [1.54, 1.807) is 18.9 Å². The zero-order valence-corrected chi connectivity index (χ0v) is 12.9. The second-order valence-electron chi connectivity index (χ2n) is 5.54. The number of piperidine rings is 1. The van der Waals surface area contributed by atoms with Crippen LogP contribution in [0.3, 0.4) is 0 Å². The Labute approximate surface area is 125 Å². The summed E-state index contributed by atoms with van der Waals surface area (Å²) in [7, 11) is 1.62. The smallest absolute Gasteiger partial charge is 0.317 e. The van der Waals surface area contributed by atoms with E-state index in [-0.39, 0.29) is 6.03 Å². The van der Waals surface area contributed by atoms with Gasteiger partial charge in [0, 0.05) is 33.4 Å². The Hall–Kier alpha value is -1.34. The third-order valence-corrected chi connectivity index (χ3v) is 3.84. The van der Waals surface area contributed by atoms with Gasteiger partial charge in [0.15, 0.2) is 0 Å². The number of carboxylic acids is 1. The Kier molecular flexibility index (Phi) is 7.45. The number of nitrogens with one attached hydrogen (secondary N) is 1. The molecule has 1 aliphatic rings. The molecule has 2 amide bonds. The van der Waals surface area contributed by atoms with Crippen molar-refractivity contribution >= 4 is 12.0 Å². The minimum Gasteiger partial charge on any atom is -0.481 e. The van der Waals surface area contributed by atoms with Crippen molar-refractivity contribution in [2.45, 2.75) is 26.2 Å². The van der Waals surface area contributed by atoms with Crippen molar-refractivity contribution < 1.29 is 24.2 Å². The summed E-state index contributed by atoms with van der Waals surface area (Å²) >= 11 is 0. The molecule has 0 aliphatic carbocycles. The molecule has 0 atom stereocenters. The standard InChI is InChI=1S/C14H26N2O5/c1-14(12(17)18)4-7-16(8-5-14)13(19)15-6-3-9-21-11-10-20-2/h3-11H2,1-2H3,(H,15,19)(H,17,18). The molecular weight excluding hydrogens is 276 g/mol. The maximum absolute atomic E-state index is 11.9. The number of rotatable bonds is 8. The summed E-state index contributed by atoms with van der Waals surface area (Å²) in [6.45, 7) is 4.98. The molecule has 21 heavy (non-hydrogen) atoms. The molecule has 1 saturated heterocycles. The summed E-state index contributed by atoms with van der Waals surface area (Å²) in [4.78, 5) is 24.7. The van der Waals surface area contributed by atoms with Crippen LogP contribution in [-0.4, -0.2) is 68.6 Å². The zero-order chi connectivity index (χ0) is 15.7. The van der Waals surface area contributed by atoms with Crippen molar-refractivity contribution in [1.82, 2.24) is 10.2 Å². The largest absolute Gasteiger partial charge is 0.481 e. The van der Waals surface area contributed by atoms with Crippen molar-refractivity contribution in [3.63, 3.8) is 0 Å². The van der Waals surface area contributed by atoms with Crippen LogP contribution in [-0.2, 0) is 14.3 Å². The maximum Gasteiger partial charge on any atom is 0.317 e. The number of methoxy groups -OCH3 is 1. The third kappa shape index (κ3) is 5.89. The molecular formula is C14H26N2O5. The number of ether oxygens (including phenoxy) is 2. The van der Waals surface area contributed by atoms with Crippen LogP contribution in [0.15, 0.2) is 0 Å². The average Bonchev–Trinajstić information content (AvgIpc) is 2.46. The van der Waals surface area contributed by atoms with Crippen LogP contribution in [0.1, 0.15) is 26.2 Å². The van der Waals surface area contributed by atoms with Crippen molar-refractivity contribution in [3.8, 4) is 0 Å². The fraction of sp³-hybridized carbons (Fsp3) is 0.857. The van der Waals surface area contributed by atoms with Crippen LogP contribution in [0.5, 0.6) is 0 Å². The molecule has 0 aromatic heterocycles. The molecule has 1 heterocycles. The highest BCUT2D eigenvalue weighted by atomic mass is 16.5. The number of hydrogen-bond donors (Lipinski definition) is 2. The highest BCUT2D eigenvalue weighted by Crippen LogP contribution is 2.30. The van der Waals surface area contributed by atoms with Crippen LogP contribution >= 0.6 is 0 Å². The van der Waals surface area contributed by atoms with E-state index in [2.05, 4.69) is 5.32 Å². The van der Waals surface area contributed by atoms with E-state index in [1.165, 1.54) is 0 Å². The molecule has 1 rings (SSSR count). The molecule has 0 radical (unpaired) electrons. The fourth-order valence-electron chi connectivity index (χ4n) is 2.14. The SMILES string of the molecule is COCCOCCCNC(=O)N1CCC(C)(C(=O)O)CC1. The maximum atomic E-state index is 11.9. The molecule has 0 aromatic carbocycles.